The molecule has 0 aliphatic carbocycles. The number of hydrogen-bond donors (Lipinski definition) is 3. The highest BCUT2D eigenvalue weighted by atomic mass is 16.4. The predicted molar refractivity (Wildman–Crippen MR) is 78.6 cm³/mol. The number of carboxylic acid groups (broad SMARTS) is 1. The molecule has 1 aromatic rings. The highest BCUT2D eigenvalue weighted by molar-refractivity contribution is 5.88. The molecule has 1 atom stereocenters. The Morgan fingerprint density at radius 1 is 1.35 bits per heavy atom. The molecule has 0 spiro atoms. The van der Waals surface area contributed by atoms with Gasteiger partial charge in [-0.3, -0.25) is 4.79 Å². The van der Waals surface area contributed by atoms with Crippen molar-refractivity contribution in [1.29, 1.82) is 0 Å². The number of rotatable bonds is 6. The lowest BCUT2D eigenvalue weighted by atomic mass is 10.1. The molecule has 108 valence electrons. The smallest absolute Gasteiger partial charge is 0.328 e. The first-order chi connectivity index (χ1) is 9.38. The van der Waals surface area contributed by atoms with Gasteiger partial charge in [-0.15, -0.1) is 0 Å². The van der Waals surface area contributed by atoms with Crippen LogP contribution >= 0.6 is 0 Å². The van der Waals surface area contributed by atoms with Crippen LogP contribution in [0.15, 0.2) is 35.9 Å². The summed E-state index contributed by atoms with van der Waals surface area (Å²) in [5, 5.41) is 14.6. The quantitative estimate of drug-likeness (QED) is 0.697. The lowest BCUT2D eigenvalue weighted by molar-refractivity contribution is -0.131. The molecule has 1 aromatic carbocycles. The summed E-state index contributed by atoms with van der Waals surface area (Å²) < 4.78 is 0. The van der Waals surface area contributed by atoms with E-state index in [1.54, 1.807) is 6.92 Å². The molecule has 1 unspecified atom stereocenters. The molecule has 0 aliphatic heterocycles. The van der Waals surface area contributed by atoms with Crippen molar-refractivity contribution in [3.8, 4) is 0 Å². The van der Waals surface area contributed by atoms with E-state index in [0.717, 1.165) is 16.8 Å². The van der Waals surface area contributed by atoms with Gasteiger partial charge in [0.05, 0.1) is 0 Å². The van der Waals surface area contributed by atoms with Crippen LogP contribution < -0.4 is 10.6 Å². The minimum atomic E-state index is -0.940. The van der Waals surface area contributed by atoms with Gasteiger partial charge in [0.15, 0.2) is 0 Å². The van der Waals surface area contributed by atoms with E-state index < -0.39 is 5.97 Å². The Labute approximate surface area is 118 Å². The maximum absolute atomic E-state index is 11.0. The molecule has 0 saturated carbocycles. The lowest BCUT2D eigenvalue weighted by Crippen LogP contribution is -2.21. The van der Waals surface area contributed by atoms with Crippen LogP contribution in [0, 0.1) is 0 Å². The van der Waals surface area contributed by atoms with Gasteiger partial charge in [0.2, 0.25) is 5.91 Å². The Morgan fingerprint density at radius 3 is 2.65 bits per heavy atom. The number of carbonyl (C=O) groups excluding carboxylic acids is 1. The second kappa shape index (κ2) is 7.45. The molecule has 0 radical (unpaired) electrons. The molecule has 0 fully saturated rings. The summed E-state index contributed by atoms with van der Waals surface area (Å²) in [7, 11) is 0. The molecule has 0 aromatic heterocycles. The molecular weight excluding hydrogens is 256 g/mol. The zero-order chi connectivity index (χ0) is 15.1. The topological polar surface area (TPSA) is 78.4 Å². The van der Waals surface area contributed by atoms with Crippen molar-refractivity contribution >= 4 is 17.6 Å². The first-order valence-electron chi connectivity index (χ1n) is 6.39. The van der Waals surface area contributed by atoms with Gasteiger partial charge in [-0.1, -0.05) is 17.7 Å². The van der Waals surface area contributed by atoms with Crippen molar-refractivity contribution in [3.63, 3.8) is 0 Å². The molecule has 5 heteroatoms. The van der Waals surface area contributed by atoms with Gasteiger partial charge < -0.3 is 15.7 Å². The van der Waals surface area contributed by atoms with Gasteiger partial charge in [-0.25, -0.2) is 4.79 Å². The van der Waals surface area contributed by atoms with E-state index >= 15 is 0 Å². The van der Waals surface area contributed by atoms with Crippen molar-refractivity contribution in [2.75, 3.05) is 11.9 Å². The molecule has 0 bridgehead atoms. The molecule has 0 aliphatic rings. The number of benzene rings is 1. The van der Waals surface area contributed by atoms with Crippen LogP contribution in [-0.4, -0.2) is 23.5 Å². The molecular formula is C15H20N2O3. The minimum absolute atomic E-state index is 0.0563. The number of hydrogen-bond acceptors (Lipinski definition) is 3. The highest BCUT2D eigenvalue weighted by Crippen LogP contribution is 2.17. The van der Waals surface area contributed by atoms with Crippen molar-refractivity contribution in [3.05, 3.63) is 41.5 Å². The SMILES string of the molecule is CC(=O)Nc1cccc(C(C)NC/C(C)=C/C(=O)O)c1. The minimum Gasteiger partial charge on any atom is -0.478 e. The van der Waals surface area contributed by atoms with Crippen molar-refractivity contribution in [1.82, 2.24) is 5.32 Å². The van der Waals surface area contributed by atoms with Gasteiger partial charge >= 0.3 is 5.97 Å². The van der Waals surface area contributed by atoms with Crippen molar-refractivity contribution in [2.24, 2.45) is 0 Å². The zero-order valence-corrected chi connectivity index (χ0v) is 11.9. The van der Waals surface area contributed by atoms with Crippen LogP contribution in [0.4, 0.5) is 5.69 Å². The van der Waals surface area contributed by atoms with E-state index in [4.69, 9.17) is 5.11 Å². The Kier molecular flexibility index (Phi) is 5.93. The molecule has 3 N–H and O–H groups in total. The summed E-state index contributed by atoms with van der Waals surface area (Å²) >= 11 is 0. The number of carboxylic acids is 1. The number of aliphatic carboxylic acids is 1. The maximum Gasteiger partial charge on any atom is 0.328 e. The summed E-state index contributed by atoms with van der Waals surface area (Å²) in [6.45, 7) is 5.72. The van der Waals surface area contributed by atoms with E-state index in [2.05, 4.69) is 10.6 Å². The number of amides is 1. The van der Waals surface area contributed by atoms with Crippen molar-refractivity contribution < 1.29 is 14.7 Å². The Hall–Kier alpha value is -2.14. The maximum atomic E-state index is 11.0. The average Bonchev–Trinajstić information content (AvgIpc) is 2.34. The molecule has 5 nitrogen and oxygen atoms in total. The predicted octanol–water partition coefficient (Wildman–Crippen LogP) is 2.33. The van der Waals surface area contributed by atoms with E-state index in [9.17, 15) is 9.59 Å². The van der Waals surface area contributed by atoms with Gasteiger partial charge in [0, 0.05) is 31.3 Å². The fourth-order valence-electron chi connectivity index (χ4n) is 1.78. The van der Waals surface area contributed by atoms with Crippen LogP contribution in [0.25, 0.3) is 0 Å². The van der Waals surface area contributed by atoms with Crippen LogP contribution in [0.5, 0.6) is 0 Å². The van der Waals surface area contributed by atoms with Crippen LogP contribution in [0.3, 0.4) is 0 Å². The van der Waals surface area contributed by atoms with Crippen LogP contribution in [-0.2, 0) is 9.59 Å². The first kappa shape index (κ1) is 15.9. The van der Waals surface area contributed by atoms with E-state index in [0.29, 0.717) is 6.54 Å². The zero-order valence-electron chi connectivity index (χ0n) is 11.9. The number of anilines is 1. The summed E-state index contributed by atoms with van der Waals surface area (Å²) in [5.74, 6) is -1.05. The molecule has 0 heterocycles. The normalized spacial score (nSPS) is 12.8. The fourth-order valence-corrected chi connectivity index (χ4v) is 1.78. The highest BCUT2D eigenvalue weighted by Gasteiger charge is 2.06. The van der Waals surface area contributed by atoms with E-state index in [1.165, 1.54) is 13.0 Å². The Morgan fingerprint density at radius 2 is 2.05 bits per heavy atom. The second-order valence-corrected chi connectivity index (χ2v) is 4.74. The molecule has 20 heavy (non-hydrogen) atoms. The molecule has 1 rings (SSSR count). The van der Waals surface area contributed by atoms with Gasteiger partial charge in [0.1, 0.15) is 0 Å². The third-order valence-electron chi connectivity index (χ3n) is 2.76. The molecule has 0 saturated heterocycles. The Bertz CT molecular complexity index is 524. The summed E-state index contributed by atoms with van der Waals surface area (Å²) in [5.41, 5.74) is 2.53. The van der Waals surface area contributed by atoms with Gasteiger partial charge in [-0.05, 0) is 31.5 Å². The third kappa shape index (κ3) is 5.67. The number of carbonyl (C=O) groups is 2. The van der Waals surface area contributed by atoms with Crippen LogP contribution in [0.1, 0.15) is 32.4 Å². The van der Waals surface area contributed by atoms with Crippen LogP contribution in [0.2, 0.25) is 0 Å². The standard InChI is InChI=1S/C15H20N2O3/c1-10(7-15(19)20)9-16-11(2)13-5-4-6-14(8-13)17-12(3)18/h4-8,11,16H,9H2,1-3H3,(H,17,18)(H,19,20)/b10-7+. The first-order valence-corrected chi connectivity index (χ1v) is 6.39. The summed E-state index contributed by atoms with van der Waals surface area (Å²) in [6, 6.07) is 7.61. The average molecular weight is 276 g/mol. The summed E-state index contributed by atoms with van der Waals surface area (Å²) in [4.78, 5) is 21.5. The van der Waals surface area contributed by atoms with Gasteiger partial charge in [-0.2, -0.15) is 0 Å². The lowest BCUT2D eigenvalue weighted by Gasteiger charge is -2.15. The van der Waals surface area contributed by atoms with Gasteiger partial charge in [0.25, 0.3) is 0 Å². The Balaban J connectivity index is 2.65. The van der Waals surface area contributed by atoms with Crippen molar-refractivity contribution in [2.45, 2.75) is 26.8 Å². The monoisotopic (exact) mass is 276 g/mol. The number of nitrogens with one attached hydrogen (secondary N) is 2. The molecule has 1 amide bonds. The second-order valence-electron chi connectivity index (χ2n) is 4.74. The van der Waals surface area contributed by atoms with E-state index in [-0.39, 0.29) is 11.9 Å². The summed E-state index contributed by atoms with van der Waals surface area (Å²) in [6.07, 6.45) is 1.19. The third-order valence-corrected chi connectivity index (χ3v) is 2.76. The largest absolute Gasteiger partial charge is 0.478 e. The fraction of sp³-hybridized carbons (Fsp3) is 0.333. The van der Waals surface area contributed by atoms with E-state index in [1.807, 2.05) is 31.2 Å².